The largest absolute Gasteiger partial charge is 0.460 e. The predicted octanol–water partition coefficient (Wildman–Crippen LogP) is 5.40. The van der Waals surface area contributed by atoms with Crippen molar-refractivity contribution in [2.75, 3.05) is 0 Å². The molecule has 2 aromatic heterocycles. The van der Waals surface area contributed by atoms with Crippen LogP contribution in [0.3, 0.4) is 0 Å². The Morgan fingerprint density at radius 2 is 1.74 bits per heavy atom. The quantitative estimate of drug-likeness (QED) is 0.319. The maximum Gasteiger partial charge on any atom is 0.315 e. The fraction of sp³-hybridized carbons (Fsp3) is 0.0769. The zero-order valence-corrected chi connectivity index (χ0v) is 16.8. The molecule has 0 bridgehead atoms. The normalized spacial score (nSPS) is 11.1. The summed E-state index contributed by atoms with van der Waals surface area (Å²) in [5, 5.41) is 1.44. The first-order valence-electron chi connectivity index (χ1n) is 9.99. The molecule has 5 rings (SSSR count). The molecule has 0 aliphatic carbocycles. The van der Waals surface area contributed by atoms with Gasteiger partial charge in [-0.05, 0) is 36.2 Å². The first-order chi connectivity index (χ1) is 15.1. The Morgan fingerprint density at radius 1 is 0.968 bits per heavy atom. The van der Waals surface area contributed by atoms with Crippen LogP contribution in [0.15, 0.2) is 88.2 Å². The average Bonchev–Trinajstić information content (AvgIpc) is 3.17. The van der Waals surface area contributed by atoms with Gasteiger partial charge < -0.3 is 14.1 Å². The van der Waals surface area contributed by atoms with E-state index in [2.05, 4.69) is 4.98 Å². The van der Waals surface area contributed by atoms with Crippen molar-refractivity contribution in [1.82, 2.24) is 4.98 Å². The number of hydrogen-bond acceptors (Lipinski definition) is 4. The average molecular weight is 409 g/mol. The topological polar surface area (TPSA) is 72.3 Å². The lowest BCUT2D eigenvalue weighted by atomic mass is 10.0. The Kier molecular flexibility index (Phi) is 4.64. The molecule has 2 heterocycles. The van der Waals surface area contributed by atoms with E-state index in [1.165, 1.54) is 0 Å². The summed E-state index contributed by atoms with van der Waals surface area (Å²) >= 11 is 0. The van der Waals surface area contributed by atoms with Gasteiger partial charge in [0.15, 0.2) is 0 Å². The molecule has 31 heavy (non-hydrogen) atoms. The van der Waals surface area contributed by atoms with E-state index in [1.807, 2.05) is 60.8 Å². The first-order valence-corrected chi connectivity index (χ1v) is 9.99. The van der Waals surface area contributed by atoms with Crippen molar-refractivity contribution in [3.05, 3.63) is 101 Å². The van der Waals surface area contributed by atoms with Crippen LogP contribution >= 0.6 is 0 Å². The van der Waals surface area contributed by atoms with Gasteiger partial charge in [-0.1, -0.05) is 48.5 Å². The molecule has 3 aromatic carbocycles. The molecule has 0 atom stereocenters. The van der Waals surface area contributed by atoms with E-state index in [0.29, 0.717) is 28.0 Å². The highest BCUT2D eigenvalue weighted by Crippen LogP contribution is 2.26. The van der Waals surface area contributed by atoms with E-state index in [0.717, 1.165) is 22.0 Å². The number of aromatic amines is 1. The monoisotopic (exact) mass is 409 g/mol. The molecule has 0 spiro atoms. The van der Waals surface area contributed by atoms with Gasteiger partial charge in [0.05, 0.1) is 17.4 Å². The summed E-state index contributed by atoms with van der Waals surface area (Å²) in [6.07, 6.45) is 1.96. The number of fused-ring (bicyclic) bond motifs is 2. The maximum absolute atomic E-state index is 13.0. The van der Waals surface area contributed by atoms with Gasteiger partial charge in [0.25, 0.3) is 0 Å². The van der Waals surface area contributed by atoms with Gasteiger partial charge in [-0.15, -0.1) is 0 Å². The number of ether oxygens (including phenoxy) is 1. The van der Waals surface area contributed by atoms with Crippen LogP contribution in [-0.2, 0) is 11.2 Å². The number of nitrogens with one attached hydrogen (secondary N) is 1. The van der Waals surface area contributed by atoms with Crippen LogP contribution in [0, 0.1) is 6.92 Å². The van der Waals surface area contributed by atoms with Crippen LogP contribution in [0.1, 0.15) is 11.3 Å². The van der Waals surface area contributed by atoms with Crippen molar-refractivity contribution in [2.24, 2.45) is 0 Å². The van der Waals surface area contributed by atoms with Crippen LogP contribution in [0.5, 0.6) is 5.75 Å². The molecule has 0 aliphatic heterocycles. The van der Waals surface area contributed by atoms with Crippen molar-refractivity contribution in [2.45, 2.75) is 13.3 Å². The fourth-order valence-electron chi connectivity index (χ4n) is 3.89. The minimum absolute atomic E-state index is 0.110. The molecular formula is C26H19NO4. The molecular weight excluding hydrogens is 390 g/mol. The van der Waals surface area contributed by atoms with E-state index in [-0.39, 0.29) is 17.8 Å². The van der Waals surface area contributed by atoms with Gasteiger partial charge in [0, 0.05) is 23.2 Å². The number of benzene rings is 3. The molecule has 5 heteroatoms. The number of aromatic nitrogens is 1. The summed E-state index contributed by atoms with van der Waals surface area (Å²) in [7, 11) is 0. The highest BCUT2D eigenvalue weighted by molar-refractivity contribution is 5.88. The van der Waals surface area contributed by atoms with E-state index < -0.39 is 0 Å². The molecule has 0 saturated carbocycles. The summed E-state index contributed by atoms with van der Waals surface area (Å²) in [6.45, 7) is 1.76. The van der Waals surface area contributed by atoms with Gasteiger partial charge in [-0.25, -0.2) is 0 Å². The lowest BCUT2D eigenvalue weighted by molar-refractivity contribution is -0.133. The lowest BCUT2D eigenvalue weighted by Gasteiger charge is -2.09. The Labute approximate surface area is 177 Å². The smallest absolute Gasteiger partial charge is 0.315 e. The third kappa shape index (κ3) is 3.51. The van der Waals surface area contributed by atoms with Gasteiger partial charge in [-0.2, -0.15) is 0 Å². The number of hydrogen-bond donors (Lipinski definition) is 1. The predicted molar refractivity (Wildman–Crippen MR) is 120 cm³/mol. The molecule has 0 amide bonds. The van der Waals surface area contributed by atoms with Gasteiger partial charge in [0.1, 0.15) is 17.1 Å². The Balaban J connectivity index is 1.43. The Bertz CT molecular complexity index is 1480. The molecule has 0 saturated heterocycles. The number of rotatable bonds is 4. The standard InChI is InChI=1S/C26H19NO4/c1-16-25(17-7-3-2-4-8-17)26(29)21-12-11-19(14-23(21)30-16)31-24(28)13-18-15-27-22-10-6-5-9-20(18)22/h2-12,14-15,27H,13H2,1H3. The zero-order chi connectivity index (χ0) is 21.4. The molecule has 0 aliphatic rings. The third-order valence-electron chi connectivity index (χ3n) is 5.34. The highest BCUT2D eigenvalue weighted by atomic mass is 16.5. The van der Waals surface area contributed by atoms with Crippen LogP contribution in [-0.4, -0.2) is 11.0 Å². The number of carbonyl (C=O) groups excluding carboxylic acids is 1. The second-order valence-corrected chi connectivity index (χ2v) is 7.40. The van der Waals surface area contributed by atoms with Crippen LogP contribution < -0.4 is 10.2 Å². The number of esters is 1. The molecule has 5 nitrogen and oxygen atoms in total. The van der Waals surface area contributed by atoms with Gasteiger partial charge >= 0.3 is 5.97 Å². The maximum atomic E-state index is 13.0. The second kappa shape index (κ2) is 7.61. The van der Waals surface area contributed by atoms with Crippen molar-refractivity contribution in [1.29, 1.82) is 0 Å². The molecule has 0 radical (unpaired) electrons. The van der Waals surface area contributed by atoms with Crippen LogP contribution in [0.4, 0.5) is 0 Å². The second-order valence-electron chi connectivity index (χ2n) is 7.40. The SMILES string of the molecule is Cc1oc2cc(OC(=O)Cc3c[nH]c4ccccc34)ccc2c(=O)c1-c1ccccc1. The number of aryl methyl sites for hydroxylation is 1. The minimum Gasteiger partial charge on any atom is -0.460 e. The van der Waals surface area contributed by atoms with Crippen LogP contribution in [0.25, 0.3) is 33.0 Å². The molecule has 1 N–H and O–H groups in total. The summed E-state index contributed by atoms with van der Waals surface area (Å²) < 4.78 is 11.4. The Morgan fingerprint density at radius 3 is 2.58 bits per heavy atom. The number of carbonyl (C=O) groups is 1. The zero-order valence-electron chi connectivity index (χ0n) is 16.8. The van der Waals surface area contributed by atoms with E-state index in [4.69, 9.17) is 9.15 Å². The molecule has 5 aromatic rings. The highest BCUT2D eigenvalue weighted by Gasteiger charge is 2.15. The van der Waals surface area contributed by atoms with Gasteiger partial charge in [-0.3, -0.25) is 9.59 Å². The van der Waals surface area contributed by atoms with Crippen LogP contribution in [0.2, 0.25) is 0 Å². The van der Waals surface area contributed by atoms with Crippen molar-refractivity contribution in [3.63, 3.8) is 0 Å². The first kappa shape index (κ1) is 18.9. The lowest BCUT2D eigenvalue weighted by Crippen LogP contribution is -2.11. The summed E-state index contributed by atoms with van der Waals surface area (Å²) in [5.74, 6) is 0.474. The fourth-order valence-corrected chi connectivity index (χ4v) is 3.89. The molecule has 0 fully saturated rings. The third-order valence-corrected chi connectivity index (χ3v) is 5.34. The van der Waals surface area contributed by atoms with Crippen molar-refractivity contribution < 1.29 is 13.9 Å². The van der Waals surface area contributed by atoms with E-state index >= 15 is 0 Å². The number of para-hydroxylation sites is 1. The van der Waals surface area contributed by atoms with Crippen molar-refractivity contribution in [3.8, 4) is 16.9 Å². The summed E-state index contributed by atoms with van der Waals surface area (Å²) in [4.78, 5) is 28.7. The van der Waals surface area contributed by atoms with E-state index in [9.17, 15) is 9.59 Å². The minimum atomic E-state index is -0.385. The Hall–Kier alpha value is -4.12. The molecule has 0 unspecified atom stereocenters. The molecule has 152 valence electrons. The summed E-state index contributed by atoms with van der Waals surface area (Å²) in [5.41, 5.74) is 3.47. The summed E-state index contributed by atoms with van der Waals surface area (Å²) in [6, 6.07) is 22.1. The number of H-pyrrole nitrogens is 1. The van der Waals surface area contributed by atoms with Gasteiger partial charge in [0.2, 0.25) is 5.43 Å². The van der Waals surface area contributed by atoms with E-state index in [1.54, 1.807) is 25.1 Å². The van der Waals surface area contributed by atoms with Crippen molar-refractivity contribution >= 4 is 27.8 Å².